The number of nitrogens with two attached hydrogens (primary N) is 1. The average Bonchev–Trinajstić information content (AvgIpc) is 2.18. The molecular formula is C10H13F2NO. The standard InChI is InChI=1S/C10H13F2NO/c11-10(12)9(14)8(13)6-7-4-2-1-3-5-7/h1-5,8-10,14H,6,13H2/t8-,9+/m0/s1. The summed E-state index contributed by atoms with van der Waals surface area (Å²) in [6, 6.07) is 8.10. The second-order valence-corrected chi connectivity index (χ2v) is 3.18. The molecule has 14 heavy (non-hydrogen) atoms. The zero-order chi connectivity index (χ0) is 10.6. The molecule has 2 atom stereocenters. The van der Waals surface area contributed by atoms with Gasteiger partial charge in [-0.15, -0.1) is 0 Å². The highest BCUT2D eigenvalue weighted by atomic mass is 19.3. The van der Waals surface area contributed by atoms with Gasteiger partial charge in [-0.1, -0.05) is 30.3 Å². The SMILES string of the molecule is N[C@@H](Cc1ccccc1)[C@@H](O)C(F)F. The molecule has 4 heteroatoms. The first-order valence-corrected chi connectivity index (χ1v) is 4.37. The molecule has 0 unspecified atom stereocenters. The highest BCUT2D eigenvalue weighted by molar-refractivity contribution is 5.16. The van der Waals surface area contributed by atoms with E-state index in [0.717, 1.165) is 5.56 Å². The van der Waals surface area contributed by atoms with Crippen LogP contribution >= 0.6 is 0 Å². The van der Waals surface area contributed by atoms with Gasteiger partial charge >= 0.3 is 0 Å². The molecule has 1 aromatic rings. The summed E-state index contributed by atoms with van der Waals surface area (Å²) in [5.74, 6) is 0. The van der Waals surface area contributed by atoms with Crippen molar-refractivity contribution in [3.63, 3.8) is 0 Å². The minimum atomic E-state index is -2.78. The summed E-state index contributed by atoms with van der Waals surface area (Å²) in [4.78, 5) is 0. The van der Waals surface area contributed by atoms with Gasteiger partial charge in [-0.05, 0) is 12.0 Å². The summed E-state index contributed by atoms with van der Waals surface area (Å²) in [6.45, 7) is 0. The quantitative estimate of drug-likeness (QED) is 0.768. The van der Waals surface area contributed by atoms with E-state index >= 15 is 0 Å². The van der Waals surface area contributed by atoms with E-state index in [-0.39, 0.29) is 6.42 Å². The van der Waals surface area contributed by atoms with Crippen LogP contribution in [0.3, 0.4) is 0 Å². The van der Waals surface area contributed by atoms with Gasteiger partial charge in [0.15, 0.2) is 0 Å². The third-order valence-corrected chi connectivity index (χ3v) is 2.01. The lowest BCUT2D eigenvalue weighted by Gasteiger charge is -2.17. The Kier molecular flexibility index (Phi) is 3.98. The van der Waals surface area contributed by atoms with Gasteiger partial charge in [0.25, 0.3) is 6.43 Å². The van der Waals surface area contributed by atoms with E-state index in [2.05, 4.69) is 0 Å². The maximum atomic E-state index is 12.1. The van der Waals surface area contributed by atoms with E-state index in [1.54, 1.807) is 24.3 Å². The minimum absolute atomic E-state index is 0.256. The van der Waals surface area contributed by atoms with Crippen LogP contribution < -0.4 is 5.73 Å². The van der Waals surface area contributed by atoms with Crippen LogP contribution in [-0.4, -0.2) is 23.7 Å². The van der Waals surface area contributed by atoms with Crippen molar-refractivity contribution >= 4 is 0 Å². The fourth-order valence-corrected chi connectivity index (χ4v) is 1.19. The Bertz CT molecular complexity index is 266. The van der Waals surface area contributed by atoms with Crippen molar-refractivity contribution in [2.45, 2.75) is 25.0 Å². The van der Waals surface area contributed by atoms with Crippen LogP contribution in [0.2, 0.25) is 0 Å². The largest absolute Gasteiger partial charge is 0.386 e. The van der Waals surface area contributed by atoms with Crippen molar-refractivity contribution in [3.8, 4) is 0 Å². The zero-order valence-corrected chi connectivity index (χ0v) is 7.61. The van der Waals surface area contributed by atoms with Gasteiger partial charge in [-0.2, -0.15) is 0 Å². The normalized spacial score (nSPS) is 15.5. The van der Waals surface area contributed by atoms with E-state index in [0.29, 0.717) is 0 Å². The first-order valence-electron chi connectivity index (χ1n) is 4.37. The Hall–Kier alpha value is -1.00. The van der Waals surface area contributed by atoms with Gasteiger partial charge < -0.3 is 10.8 Å². The highest BCUT2D eigenvalue weighted by Gasteiger charge is 2.24. The van der Waals surface area contributed by atoms with Crippen molar-refractivity contribution in [1.29, 1.82) is 0 Å². The van der Waals surface area contributed by atoms with Gasteiger partial charge in [-0.3, -0.25) is 0 Å². The Morgan fingerprint density at radius 2 is 1.79 bits per heavy atom. The monoisotopic (exact) mass is 201 g/mol. The van der Waals surface area contributed by atoms with Crippen LogP contribution in [0, 0.1) is 0 Å². The van der Waals surface area contributed by atoms with Crippen molar-refractivity contribution in [2.75, 3.05) is 0 Å². The Balaban J connectivity index is 2.53. The Morgan fingerprint density at radius 1 is 1.21 bits per heavy atom. The van der Waals surface area contributed by atoms with Crippen LogP contribution in [0.15, 0.2) is 30.3 Å². The number of rotatable bonds is 4. The molecule has 3 N–H and O–H groups in total. The summed E-state index contributed by atoms with van der Waals surface area (Å²) < 4.78 is 24.1. The lowest BCUT2D eigenvalue weighted by Crippen LogP contribution is -2.41. The number of aliphatic hydroxyl groups excluding tert-OH is 1. The van der Waals surface area contributed by atoms with Gasteiger partial charge in [0.2, 0.25) is 0 Å². The van der Waals surface area contributed by atoms with Crippen molar-refractivity contribution < 1.29 is 13.9 Å². The fourth-order valence-electron chi connectivity index (χ4n) is 1.19. The smallest absolute Gasteiger partial charge is 0.265 e. The minimum Gasteiger partial charge on any atom is -0.386 e. The van der Waals surface area contributed by atoms with E-state index in [9.17, 15) is 8.78 Å². The van der Waals surface area contributed by atoms with E-state index in [1.807, 2.05) is 6.07 Å². The van der Waals surface area contributed by atoms with Crippen LogP contribution in [0.25, 0.3) is 0 Å². The maximum absolute atomic E-state index is 12.1. The second-order valence-electron chi connectivity index (χ2n) is 3.18. The highest BCUT2D eigenvalue weighted by Crippen LogP contribution is 2.09. The summed E-state index contributed by atoms with van der Waals surface area (Å²) in [7, 11) is 0. The van der Waals surface area contributed by atoms with Gasteiger partial charge in [0.05, 0.1) is 0 Å². The van der Waals surface area contributed by atoms with E-state index in [4.69, 9.17) is 10.8 Å². The van der Waals surface area contributed by atoms with Crippen molar-refractivity contribution in [1.82, 2.24) is 0 Å². The third kappa shape index (κ3) is 3.05. The molecule has 0 spiro atoms. The summed E-state index contributed by atoms with van der Waals surface area (Å²) in [5.41, 5.74) is 6.27. The number of halogens is 2. The van der Waals surface area contributed by atoms with E-state index < -0.39 is 18.6 Å². The number of aliphatic hydroxyl groups is 1. The molecule has 0 aromatic heterocycles. The van der Waals surface area contributed by atoms with Crippen molar-refractivity contribution in [2.24, 2.45) is 5.73 Å². The first kappa shape index (κ1) is 11.1. The molecule has 2 nitrogen and oxygen atoms in total. The molecule has 0 saturated carbocycles. The average molecular weight is 201 g/mol. The number of hydrogen-bond acceptors (Lipinski definition) is 2. The molecule has 0 fully saturated rings. The Morgan fingerprint density at radius 3 is 2.29 bits per heavy atom. The van der Waals surface area contributed by atoms with Crippen LogP contribution in [0.1, 0.15) is 5.56 Å². The maximum Gasteiger partial charge on any atom is 0.265 e. The molecule has 1 aromatic carbocycles. The molecule has 0 radical (unpaired) electrons. The zero-order valence-electron chi connectivity index (χ0n) is 7.61. The Labute approximate surface area is 81.4 Å². The lowest BCUT2D eigenvalue weighted by atomic mass is 10.0. The predicted octanol–water partition coefficient (Wildman–Crippen LogP) is 1.18. The number of hydrogen-bond donors (Lipinski definition) is 2. The summed E-state index contributed by atoms with van der Waals surface area (Å²) >= 11 is 0. The van der Waals surface area contributed by atoms with Crippen LogP contribution in [-0.2, 0) is 6.42 Å². The number of benzene rings is 1. The van der Waals surface area contributed by atoms with Gasteiger partial charge in [0.1, 0.15) is 6.10 Å². The second kappa shape index (κ2) is 5.02. The lowest BCUT2D eigenvalue weighted by molar-refractivity contribution is -0.0184. The molecule has 0 aliphatic rings. The summed E-state index contributed by atoms with van der Waals surface area (Å²) in [6.07, 6.45) is -4.28. The van der Waals surface area contributed by atoms with Crippen LogP contribution in [0.5, 0.6) is 0 Å². The molecule has 0 amide bonds. The fraction of sp³-hybridized carbons (Fsp3) is 0.400. The van der Waals surface area contributed by atoms with Crippen molar-refractivity contribution in [3.05, 3.63) is 35.9 Å². The molecule has 0 aliphatic carbocycles. The molecular weight excluding hydrogens is 188 g/mol. The topological polar surface area (TPSA) is 46.2 Å². The van der Waals surface area contributed by atoms with E-state index in [1.165, 1.54) is 0 Å². The van der Waals surface area contributed by atoms with Gasteiger partial charge in [0, 0.05) is 6.04 Å². The molecule has 0 aliphatic heterocycles. The first-order chi connectivity index (χ1) is 6.61. The molecule has 1 rings (SSSR count). The molecule has 0 bridgehead atoms. The molecule has 78 valence electrons. The van der Waals surface area contributed by atoms with Gasteiger partial charge in [-0.25, -0.2) is 8.78 Å². The number of alkyl halides is 2. The predicted molar refractivity (Wildman–Crippen MR) is 50.1 cm³/mol. The molecule has 0 saturated heterocycles. The summed E-state index contributed by atoms with van der Waals surface area (Å²) in [5, 5.41) is 8.98. The molecule has 0 heterocycles. The third-order valence-electron chi connectivity index (χ3n) is 2.01. The van der Waals surface area contributed by atoms with Crippen LogP contribution in [0.4, 0.5) is 8.78 Å².